The minimum absolute atomic E-state index is 0.00674. The highest BCUT2D eigenvalue weighted by atomic mass is 35.5. The largest absolute Gasteiger partial charge is 0.396 e. The first-order chi connectivity index (χ1) is 14.1. The van der Waals surface area contributed by atoms with E-state index in [1.165, 1.54) is 4.68 Å². The van der Waals surface area contributed by atoms with Crippen LogP contribution < -0.4 is 0 Å². The van der Waals surface area contributed by atoms with E-state index in [0.29, 0.717) is 29.6 Å². The van der Waals surface area contributed by atoms with Gasteiger partial charge in [-0.1, -0.05) is 67.0 Å². The van der Waals surface area contributed by atoms with Gasteiger partial charge in [0.2, 0.25) is 0 Å². The highest BCUT2D eigenvalue weighted by molar-refractivity contribution is 6.29. The average molecular weight is 439 g/mol. The maximum Gasteiger partial charge on any atom is 0.163 e. The van der Waals surface area contributed by atoms with E-state index in [9.17, 15) is 5.11 Å². The van der Waals surface area contributed by atoms with Crippen LogP contribution in [0.25, 0.3) is 5.82 Å². The van der Waals surface area contributed by atoms with Gasteiger partial charge in [0.15, 0.2) is 11.5 Å². The molecule has 0 saturated carbocycles. The Hall–Kier alpha value is -1.94. The van der Waals surface area contributed by atoms with Gasteiger partial charge in [0.1, 0.15) is 11.2 Å². The molecule has 6 nitrogen and oxygen atoms in total. The molecule has 0 aliphatic heterocycles. The van der Waals surface area contributed by atoms with Gasteiger partial charge in [0, 0.05) is 17.9 Å². The summed E-state index contributed by atoms with van der Waals surface area (Å²) in [4.78, 5) is 4.21. The third kappa shape index (κ3) is 11.9. The Morgan fingerprint density at radius 3 is 2.13 bits per heavy atom. The molecule has 7 heteroatoms. The van der Waals surface area contributed by atoms with Crippen LogP contribution in [0.1, 0.15) is 91.3 Å². The van der Waals surface area contributed by atoms with E-state index in [4.69, 9.17) is 22.0 Å². The number of hydrogen-bond acceptors (Lipinski definition) is 5. The Kier molecular flexibility index (Phi) is 16.0. The van der Waals surface area contributed by atoms with Gasteiger partial charge in [-0.05, 0) is 43.4 Å². The predicted octanol–water partition coefficient (Wildman–Crippen LogP) is 6.01. The van der Waals surface area contributed by atoms with Crippen molar-refractivity contribution in [2.45, 2.75) is 81.3 Å². The minimum atomic E-state index is -0.786. The van der Waals surface area contributed by atoms with Gasteiger partial charge in [0.25, 0.3) is 0 Å². The highest BCUT2D eigenvalue weighted by Gasteiger charge is 2.18. The number of aryl methyl sites for hydroxylation is 1. The smallest absolute Gasteiger partial charge is 0.163 e. The molecular weight excluding hydrogens is 400 g/mol. The monoisotopic (exact) mass is 438 g/mol. The average Bonchev–Trinajstić information content (AvgIpc) is 3.08. The fourth-order valence-electron chi connectivity index (χ4n) is 2.05. The normalized spacial score (nSPS) is 10.9. The van der Waals surface area contributed by atoms with Crippen molar-refractivity contribution in [2.75, 3.05) is 6.61 Å². The summed E-state index contributed by atoms with van der Waals surface area (Å²) < 4.78 is 1.49. The number of hydrogen-bond donors (Lipinski definition) is 2. The molecule has 2 rings (SSSR count). The standard InChI is InChI=1S/C14H15ClN4O2.C5H12.2C2H6/c1-9-7-10(8-16)18-19(9)14-11(4-5-13(15)17-14)12(21)3-2-6-20;1-5(2,3)4;2*1-2/h4-5,7,12,20-21H,2-3,6H2,1H3;1-4H3;2*1-2H3. The molecular formula is C23H39ClN4O2. The fourth-order valence-corrected chi connectivity index (χ4v) is 2.19. The van der Waals surface area contributed by atoms with Crippen LogP contribution >= 0.6 is 11.6 Å². The summed E-state index contributed by atoms with van der Waals surface area (Å²) in [6, 6.07) is 6.87. The summed E-state index contributed by atoms with van der Waals surface area (Å²) in [7, 11) is 0. The number of aromatic nitrogens is 3. The van der Waals surface area contributed by atoms with Gasteiger partial charge in [-0.2, -0.15) is 10.4 Å². The molecule has 170 valence electrons. The molecule has 0 aliphatic rings. The Morgan fingerprint density at radius 2 is 1.70 bits per heavy atom. The number of aliphatic hydroxyl groups excluding tert-OH is 2. The van der Waals surface area contributed by atoms with E-state index in [1.54, 1.807) is 25.1 Å². The lowest BCUT2D eigenvalue weighted by Crippen LogP contribution is -2.10. The van der Waals surface area contributed by atoms with Crippen LogP contribution in [0.15, 0.2) is 18.2 Å². The quantitative estimate of drug-likeness (QED) is 0.557. The summed E-state index contributed by atoms with van der Waals surface area (Å²) in [5, 5.41) is 32.4. The first kappa shape index (κ1) is 30.3. The van der Waals surface area contributed by atoms with Gasteiger partial charge in [-0.25, -0.2) is 9.67 Å². The predicted molar refractivity (Wildman–Crippen MR) is 125 cm³/mol. The summed E-state index contributed by atoms with van der Waals surface area (Å²) >= 11 is 5.93. The lowest BCUT2D eigenvalue weighted by atomic mass is 10.0. The van der Waals surface area contributed by atoms with Crippen LogP contribution in [0.4, 0.5) is 0 Å². The summed E-state index contributed by atoms with van der Waals surface area (Å²) in [6.45, 7) is 18.5. The molecule has 2 aromatic rings. The second-order valence-electron chi connectivity index (χ2n) is 7.62. The zero-order chi connectivity index (χ0) is 23.9. The van der Waals surface area contributed by atoms with Crippen molar-refractivity contribution < 1.29 is 10.2 Å². The zero-order valence-electron chi connectivity index (χ0n) is 20.0. The second-order valence-corrected chi connectivity index (χ2v) is 8.01. The molecule has 0 amide bonds. The van der Waals surface area contributed by atoms with E-state index in [2.05, 4.69) is 37.8 Å². The van der Waals surface area contributed by atoms with Crippen LogP contribution in [-0.4, -0.2) is 31.6 Å². The topological polar surface area (TPSA) is 95.0 Å². The Bertz CT molecular complexity index is 756. The number of nitriles is 1. The maximum atomic E-state index is 10.2. The van der Waals surface area contributed by atoms with Gasteiger partial charge in [-0.3, -0.25) is 0 Å². The number of rotatable bonds is 5. The molecule has 2 heterocycles. The van der Waals surface area contributed by atoms with Crippen molar-refractivity contribution in [3.63, 3.8) is 0 Å². The third-order valence-corrected chi connectivity index (χ3v) is 3.28. The van der Waals surface area contributed by atoms with Crippen molar-refractivity contribution in [1.29, 1.82) is 5.26 Å². The molecule has 0 saturated heterocycles. The van der Waals surface area contributed by atoms with Crippen molar-refractivity contribution >= 4 is 11.6 Å². The summed E-state index contributed by atoms with van der Waals surface area (Å²) in [6.07, 6.45) is 0.0919. The van der Waals surface area contributed by atoms with Crippen molar-refractivity contribution in [1.82, 2.24) is 14.8 Å². The van der Waals surface area contributed by atoms with Crippen LogP contribution in [0, 0.1) is 23.7 Å². The molecule has 0 bridgehead atoms. The van der Waals surface area contributed by atoms with Gasteiger partial charge >= 0.3 is 0 Å². The zero-order valence-corrected chi connectivity index (χ0v) is 20.7. The summed E-state index contributed by atoms with van der Waals surface area (Å²) in [5.41, 5.74) is 2.05. The Morgan fingerprint density at radius 1 is 1.17 bits per heavy atom. The minimum Gasteiger partial charge on any atom is -0.396 e. The highest BCUT2D eigenvalue weighted by Crippen LogP contribution is 2.26. The van der Waals surface area contributed by atoms with Gasteiger partial charge in [-0.15, -0.1) is 0 Å². The molecule has 0 aromatic carbocycles. The SMILES string of the molecule is CC.CC.CC(C)(C)C.Cc1cc(C#N)nn1-c1nc(Cl)ccc1C(O)CCCO. The van der Waals surface area contributed by atoms with Gasteiger partial charge < -0.3 is 10.2 Å². The molecule has 1 atom stereocenters. The third-order valence-electron chi connectivity index (χ3n) is 3.07. The molecule has 2 aromatic heterocycles. The molecule has 30 heavy (non-hydrogen) atoms. The Balaban J connectivity index is 0. The number of nitrogens with zero attached hydrogens (tertiary/aromatic N) is 4. The van der Waals surface area contributed by atoms with Gasteiger partial charge in [0.05, 0.1) is 6.10 Å². The van der Waals surface area contributed by atoms with E-state index < -0.39 is 6.10 Å². The van der Waals surface area contributed by atoms with Crippen LogP contribution in [0.2, 0.25) is 5.15 Å². The van der Waals surface area contributed by atoms with Crippen molar-refractivity contribution in [2.24, 2.45) is 5.41 Å². The van der Waals surface area contributed by atoms with E-state index in [0.717, 1.165) is 5.69 Å². The van der Waals surface area contributed by atoms with E-state index in [1.807, 2.05) is 33.8 Å². The number of halogens is 1. The van der Waals surface area contributed by atoms with Crippen molar-refractivity contribution in [3.05, 3.63) is 40.3 Å². The van der Waals surface area contributed by atoms with Crippen molar-refractivity contribution in [3.8, 4) is 11.9 Å². The molecule has 0 aliphatic carbocycles. The van der Waals surface area contributed by atoms with E-state index in [-0.39, 0.29) is 17.5 Å². The Labute approximate surface area is 187 Å². The number of aliphatic hydroxyl groups is 2. The molecule has 0 radical (unpaired) electrons. The lowest BCUT2D eigenvalue weighted by molar-refractivity contribution is 0.151. The van der Waals surface area contributed by atoms with Crippen LogP contribution in [-0.2, 0) is 0 Å². The fraction of sp³-hybridized carbons (Fsp3) is 0.609. The second kappa shape index (κ2) is 15.8. The molecule has 0 spiro atoms. The van der Waals surface area contributed by atoms with Crippen LogP contribution in [0.5, 0.6) is 0 Å². The summed E-state index contributed by atoms with van der Waals surface area (Å²) in [5.74, 6) is 0.395. The molecule has 2 N–H and O–H groups in total. The van der Waals surface area contributed by atoms with E-state index >= 15 is 0 Å². The first-order valence-electron chi connectivity index (χ1n) is 10.5. The molecule has 0 fully saturated rings. The molecule has 1 unspecified atom stereocenters. The van der Waals surface area contributed by atoms with Crippen LogP contribution in [0.3, 0.4) is 0 Å². The maximum absolute atomic E-state index is 10.2. The first-order valence-corrected chi connectivity index (χ1v) is 10.9. The lowest BCUT2D eigenvalue weighted by Gasteiger charge is -2.15. The number of pyridine rings is 1.